The van der Waals surface area contributed by atoms with E-state index < -0.39 is 0 Å². The molecule has 0 aliphatic heterocycles. The second-order valence-corrected chi connectivity index (χ2v) is 9.73. The standard InChI is InChI=1S/C25H23N5O2S2/c1-16-9-7-8-12-21(16)32-14-22-28-29-25(30(22)19-10-5-4-6-11-19)33-15-23(31)27-24-20(13-26)17(2)18(3)34-24/h4-12H,14-15H2,1-3H3,(H,27,31). The fraction of sp³-hybridized carbons (Fsp3) is 0.200. The average molecular weight is 490 g/mol. The molecule has 0 saturated carbocycles. The minimum atomic E-state index is -0.205. The molecule has 1 amide bonds. The second-order valence-electron chi connectivity index (χ2n) is 7.56. The predicted molar refractivity (Wildman–Crippen MR) is 135 cm³/mol. The monoisotopic (exact) mass is 489 g/mol. The summed E-state index contributed by atoms with van der Waals surface area (Å²) in [6.45, 7) is 6.05. The quantitative estimate of drug-likeness (QED) is 0.332. The summed E-state index contributed by atoms with van der Waals surface area (Å²) in [5.74, 6) is 1.34. The zero-order chi connectivity index (χ0) is 24.1. The molecule has 4 aromatic rings. The van der Waals surface area contributed by atoms with E-state index in [-0.39, 0.29) is 18.3 Å². The van der Waals surface area contributed by atoms with Crippen LogP contribution in [0.3, 0.4) is 0 Å². The van der Waals surface area contributed by atoms with E-state index >= 15 is 0 Å². The fourth-order valence-electron chi connectivity index (χ4n) is 3.33. The minimum Gasteiger partial charge on any atom is -0.485 e. The third kappa shape index (κ3) is 5.14. The van der Waals surface area contributed by atoms with Crippen LogP contribution in [0, 0.1) is 32.1 Å². The molecule has 2 aromatic heterocycles. The number of nitriles is 1. The van der Waals surface area contributed by atoms with E-state index in [0.29, 0.717) is 21.5 Å². The molecule has 7 nitrogen and oxygen atoms in total. The molecule has 0 fully saturated rings. The molecule has 9 heteroatoms. The Morgan fingerprint density at radius 2 is 1.85 bits per heavy atom. The SMILES string of the molecule is Cc1ccccc1OCc1nnc(SCC(=O)Nc2sc(C)c(C)c2C#N)n1-c1ccccc1. The van der Waals surface area contributed by atoms with Crippen molar-refractivity contribution in [3.63, 3.8) is 0 Å². The number of carbonyl (C=O) groups is 1. The van der Waals surface area contributed by atoms with Gasteiger partial charge in [0, 0.05) is 10.6 Å². The average Bonchev–Trinajstić information content (AvgIpc) is 3.37. The van der Waals surface area contributed by atoms with Gasteiger partial charge in [-0.25, -0.2) is 0 Å². The first-order valence-electron chi connectivity index (χ1n) is 10.6. The van der Waals surface area contributed by atoms with Crippen LogP contribution in [-0.4, -0.2) is 26.4 Å². The van der Waals surface area contributed by atoms with Gasteiger partial charge >= 0.3 is 0 Å². The Morgan fingerprint density at radius 3 is 2.59 bits per heavy atom. The van der Waals surface area contributed by atoms with Crippen molar-refractivity contribution in [1.29, 1.82) is 5.26 Å². The van der Waals surface area contributed by atoms with Gasteiger partial charge in [0.1, 0.15) is 23.4 Å². The first-order chi connectivity index (χ1) is 16.5. The molecule has 4 rings (SSSR count). The molecule has 172 valence electrons. The van der Waals surface area contributed by atoms with Crippen molar-refractivity contribution >= 4 is 34.0 Å². The van der Waals surface area contributed by atoms with Gasteiger partial charge in [0.25, 0.3) is 0 Å². The lowest BCUT2D eigenvalue weighted by Gasteiger charge is -2.12. The Morgan fingerprint density at radius 1 is 1.12 bits per heavy atom. The summed E-state index contributed by atoms with van der Waals surface area (Å²) in [6.07, 6.45) is 0. The van der Waals surface area contributed by atoms with Crippen molar-refractivity contribution < 1.29 is 9.53 Å². The Hall–Kier alpha value is -3.61. The molecular formula is C25H23N5O2S2. The zero-order valence-electron chi connectivity index (χ0n) is 19.0. The summed E-state index contributed by atoms with van der Waals surface area (Å²) in [6, 6.07) is 19.7. The van der Waals surface area contributed by atoms with Crippen LogP contribution in [0.5, 0.6) is 5.75 Å². The lowest BCUT2D eigenvalue weighted by Crippen LogP contribution is -2.14. The summed E-state index contributed by atoms with van der Waals surface area (Å²) in [5.41, 5.74) is 3.34. The number of thioether (sulfide) groups is 1. The van der Waals surface area contributed by atoms with Gasteiger partial charge in [-0.1, -0.05) is 48.2 Å². The fourth-order valence-corrected chi connectivity index (χ4v) is 5.12. The normalized spacial score (nSPS) is 10.6. The molecule has 0 aliphatic rings. The van der Waals surface area contributed by atoms with Crippen LogP contribution in [0.1, 0.15) is 27.4 Å². The van der Waals surface area contributed by atoms with Crippen LogP contribution in [0.2, 0.25) is 0 Å². The highest BCUT2D eigenvalue weighted by molar-refractivity contribution is 7.99. The van der Waals surface area contributed by atoms with Crippen LogP contribution in [0.4, 0.5) is 5.00 Å². The van der Waals surface area contributed by atoms with Crippen LogP contribution in [0.25, 0.3) is 5.69 Å². The largest absolute Gasteiger partial charge is 0.485 e. The van der Waals surface area contributed by atoms with Crippen molar-refractivity contribution in [2.45, 2.75) is 32.5 Å². The van der Waals surface area contributed by atoms with Crippen molar-refractivity contribution in [3.8, 4) is 17.5 Å². The third-order valence-corrected chi connectivity index (χ3v) is 7.30. The predicted octanol–water partition coefficient (Wildman–Crippen LogP) is 5.44. The Kier molecular flexibility index (Phi) is 7.30. The molecule has 0 radical (unpaired) electrons. The number of hydrogen-bond donors (Lipinski definition) is 1. The van der Waals surface area contributed by atoms with Gasteiger partial charge in [0.15, 0.2) is 11.0 Å². The van der Waals surface area contributed by atoms with E-state index in [1.165, 1.54) is 23.1 Å². The number of hydrogen-bond acceptors (Lipinski definition) is 7. The highest BCUT2D eigenvalue weighted by Crippen LogP contribution is 2.32. The second kappa shape index (κ2) is 10.5. The Balaban J connectivity index is 1.51. The number of carbonyl (C=O) groups excluding carboxylic acids is 1. The maximum absolute atomic E-state index is 12.7. The molecule has 0 unspecified atom stereocenters. The number of rotatable bonds is 8. The number of amides is 1. The van der Waals surface area contributed by atoms with Crippen molar-refractivity contribution in [2.24, 2.45) is 0 Å². The highest BCUT2D eigenvalue weighted by Gasteiger charge is 2.18. The van der Waals surface area contributed by atoms with Crippen LogP contribution in [0.15, 0.2) is 59.8 Å². The first kappa shape index (κ1) is 23.5. The van der Waals surface area contributed by atoms with Gasteiger partial charge in [-0.15, -0.1) is 21.5 Å². The maximum atomic E-state index is 12.7. The smallest absolute Gasteiger partial charge is 0.235 e. The molecule has 0 atom stereocenters. The van der Waals surface area contributed by atoms with Gasteiger partial charge in [-0.3, -0.25) is 9.36 Å². The van der Waals surface area contributed by atoms with Crippen molar-refractivity contribution in [3.05, 3.63) is 82.0 Å². The summed E-state index contributed by atoms with van der Waals surface area (Å²) < 4.78 is 7.90. The number of para-hydroxylation sites is 2. The molecule has 0 bridgehead atoms. The Bertz CT molecular complexity index is 1360. The molecule has 1 N–H and O–H groups in total. The van der Waals surface area contributed by atoms with Gasteiger partial charge in [-0.2, -0.15) is 5.26 Å². The van der Waals surface area contributed by atoms with E-state index in [4.69, 9.17) is 4.74 Å². The topological polar surface area (TPSA) is 92.8 Å². The minimum absolute atomic E-state index is 0.129. The van der Waals surface area contributed by atoms with Crippen LogP contribution >= 0.6 is 23.1 Å². The van der Waals surface area contributed by atoms with E-state index in [1.807, 2.05) is 79.9 Å². The maximum Gasteiger partial charge on any atom is 0.235 e. The van der Waals surface area contributed by atoms with Gasteiger partial charge in [0.05, 0.1) is 11.3 Å². The number of aromatic nitrogens is 3. The van der Waals surface area contributed by atoms with Crippen molar-refractivity contribution in [2.75, 3.05) is 11.1 Å². The van der Waals surface area contributed by atoms with Gasteiger partial charge < -0.3 is 10.1 Å². The summed E-state index contributed by atoms with van der Waals surface area (Å²) in [5, 5.41) is 22.1. The number of thiophene rings is 1. The van der Waals surface area contributed by atoms with Gasteiger partial charge in [0.2, 0.25) is 5.91 Å². The summed E-state index contributed by atoms with van der Waals surface area (Å²) in [4.78, 5) is 13.7. The van der Waals surface area contributed by atoms with E-state index in [9.17, 15) is 10.1 Å². The van der Waals surface area contributed by atoms with Crippen LogP contribution < -0.4 is 10.1 Å². The van der Waals surface area contributed by atoms with Gasteiger partial charge in [-0.05, 0) is 50.1 Å². The third-order valence-electron chi connectivity index (χ3n) is 5.25. The number of aryl methyl sites for hydroxylation is 2. The number of anilines is 1. The molecule has 2 aromatic carbocycles. The van der Waals surface area contributed by atoms with E-state index in [1.54, 1.807) is 0 Å². The van der Waals surface area contributed by atoms with Crippen LogP contribution in [-0.2, 0) is 11.4 Å². The number of nitrogens with one attached hydrogen (secondary N) is 1. The molecule has 34 heavy (non-hydrogen) atoms. The van der Waals surface area contributed by atoms with E-state index in [0.717, 1.165) is 27.4 Å². The zero-order valence-corrected chi connectivity index (χ0v) is 20.7. The molecule has 0 spiro atoms. The number of ether oxygens (including phenoxy) is 1. The molecular weight excluding hydrogens is 466 g/mol. The first-order valence-corrected chi connectivity index (χ1v) is 12.4. The molecule has 2 heterocycles. The summed E-state index contributed by atoms with van der Waals surface area (Å²) in [7, 11) is 0. The Labute approximate surface area is 206 Å². The molecule has 0 aliphatic carbocycles. The number of benzene rings is 2. The van der Waals surface area contributed by atoms with Crippen molar-refractivity contribution in [1.82, 2.24) is 14.8 Å². The number of nitrogens with zero attached hydrogens (tertiary/aromatic N) is 4. The lowest BCUT2D eigenvalue weighted by molar-refractivity contribution is -0.113. The molecule has 0 saturated heterocycles. The summed E-state index contributed by atoms with van der Waals surface area (Å²) >= 11 is 2.69. The van der Waals surface area contributed by atoms with E-state index in [2.05, 4.69) is 21.6 Å². The highest BCUT2D eigenvalue weighted by atomic mass is 32.2. The lowest BCUT2D eigenvalue weighted by atomic mass is 10.2.